The highest BCUT2D eigenvalue weighted by atomic mass is 15.1. The molecule has 1 heterocycles. The standard InChI is InChI=1S/C11H18N2/c1-9(2)5-7-13-8-6-12-11(13)10(3)4/h6,8,10H,1,5,7H2,2-4H3. The third kappa shape index (κ3) is 2.72. The van der Waals surface area contributed by atoms with Crippen molar-refractivity contribution in [3.63, 3.8) is 0 Å². The van der Waals surface area contributed by atoms with Crippen molar-refractivity contribution in [1.82, 2.24) is 9.55 Å². The lowest BCUT2D eigenvalue weighted by molar-refractivity contribution is 0.618. The highest BCUT2D eigenvalue weighted by Crippen LogP contribution is 2.12. The summed E-state index contributed by atoms with van der Waals surface area (Å²) < 4.78 is 2.21. The minimum Gasteiger partial charge on any atom is -0.334 e. The third-order valence-corrected chi connectivity index (χ3v) is 2.04. The Labute approximate surface area is 80.3 Å². The van der Waals surface area contributed by atoms with Crippen LogP contribution in [0.1, 0.15) is 38.9 Å². The van der Waals surface area contributed by atoms with Gasteiger partial charge >= 0.3 is 0 Å². The van der Waals surface area contributed by atoms with E-state index in [0.29, 0.717) is 5.92 Å². The minimum absolute atomic E-state index is 0.500. The molecule has 2 nitrogen and oxygen atoms in total. The van der Waals surface area contributed by atoms with Crippen LogP contribution in [0.25, 0.3) is 0 Å². The Morgan fingerprint density at radius 3 is 2.85 bits per heavy atom. The molecule has 0 spiro atoms. The fourth-order valence-electron chi connectivity index (χ4n) is 1.32. The first-order chi connectivity index (χ1) is 6.11. The lowest BCUT2D eigenvalue weighted by Crippen LogP contribution is -2.04. The molecule has 1 aromatic rings. The molecule has 0 bridgehead atoms. The van der Waals surface area contributed by atoms with Crippen LogP contribution in [0.3, 0.4) is 0 Å². The van der Waals surface area contributed by atoms with Crippen molar-refractivity contribution in [3.8, 4) is 0 Å². The highest BCUT2D eigenvalue weighted by Gasteiger charge is 2.05. The van der Waals surface area contributed by atoms with Crippen molar-refractivity contribution < 1.29 is 0 Å². The van der Waals surface area contributed by atoms with Gasteiger partial charge in [-0.3, -0.25) is 0 Å². The summed E-state index contributed by atoms with van der Waals surface area (Å²) in [7, 11) is 0. The van der Waals surface area contributed by atoms with Gasteiger partial charge in [0.25, 0.3) is 0 Å². The van der Waals surface area contributed by atoms with Crippen molar-refractivity contribution in [3.05, 3.63) is 30.4 Å². The van der Waals surface area contributed by atoms with Gasteiger partial charge in [-0.1, -0.05) is 19.4 Å². The van der Waals surface area contributed by atoms with Crippen LogP contribution in [-0.4, -0.2) is 9.55 Å². The molecule has 0 unspecified atom stereocenters. The zero-order chi connectivity index (χ0) is 9.84. The Morgan fingerprint density at radius 2 is 2.31 bits per heavy atom. The zero-order valence-electron chi connectivity index (χ0n) is 8.75. The molecule has 0 aromatic carbocycles. The summed E-state index contributed by atoms with van der Waals surface area (Å²) in [5.41, 5.74) is 1.23. The van der Waals surface area contributed by atoms with E-state index < -0.39 is 0 Å². The predicted molar refractivity (Wildman–Crippen MR) is 55.7 cm³/mol. The fraction of sp³-hybridized carbons (Fsp3) is 0.545. The van der Waals surface area contributed by atoms with Gasteiger partial charge in [0.15, 0.2) is 0 Å². The summed E-state index contributed by atoms with van der Waals surface area (Å²) in [5, 5.41) is 0. The first-order valence-electron chi connectivity index (χ1n) is 4.76. The van der Waals surface area contributed by atoms with Crippen LogP contribution in [0.2, 0.25) is 0 Å². The van der Waals surface area contributed by atoms with Gasteiger partial charge in [-0.15, -0.1) is 6.58 Å². The van der Waals surface area contributed by atoms with E-state index in [1.54, 1.807) is 0 Å². The molecule has 1 aromatic heterocycles. The number of aryl methyl sites for hydroxylation is 1. The molecule has 2 heteroatoms. The zero-order valence-corrected chi connectivity index (χ0v) is 8.75. The molecule has 72 valence electrons. The summed E-state index contributed by atoms with van der Waals surface area (Å²) in [5.74, 6) is 1.67. The van der Waals surface area contributed by atoms with E-state index in [1.807, 2.05) is 12.4 Å². The van der Waals surface area contributed by atoms with Crippen LogP contribution in [0.15, 0.2) is 24.5 Å². The van der Waals surface area contributed by atoms with E-state index in [1.165, 1.54) is 11.4 Å². The normalized spacial score (nSPS) is 10.8. The van der Waals surface area contributed by atoms with Crippen LogP contribution in [0, 0.1) is 0 Å². The van der Waals surface area contributed by atoms with E-state index in [-0.39, 0.29) is 0 Å². The quantitative estimate of drug-likeness (QED) is 0.648. The summed E-state index contributed by atoms with van der Waals surface area (Å²) >= 11 is 0. The van der Waals surface area contributed by atoms with Gasteiger partial charge in [-0.25, -0.2) is 4.98 Å². The highest BCUT2D eigenvalue weighted by molar-refractivity contribution is 4.99. The van der Waals surface area contributed by atoms with Crippen molar-refractivity contribution >= 4 is 0 Å². The largest absolute Gasteiger partial charge is 0.334 e. The van der Waals surface area contributed by atoms with Crippen LogP contribution in [0.5, 0.6) is 0 Å². The van der Waals surface area contributed by atoms with Crippen LogP contribution < -0.4 is 0 Å². The third-order valence-electron chi connectivity index (χ3n) is 2.04. The van der Waals surface area contributed by atoms with Gasteiger partial charge in [-0.2, -0.15) is 0 Å². The number of hydrogen-bond donors (Lipinski definition) is 0. The summed E-state index contributed by atoms with van der Waals surface area (Å²) in [6.07, 6.45) is 4.95. The number of rotatable bonds is 4. The number of hydrogen-bond acceptors (Lipinski definition) is 1. The van der Waals surface area contributed by atoms with E-state index in [9.17, 15) is 0 Å². The molecule has 0 atom stereocenters. The van der Waals surface area contributed by atoms with Crippen molar-refractivity contribution in [2.45, 2.75) is 39.7 Å². The van der Waals surface area contributed by atoms with Gasteiger partial charge in [-0.05, 0) is 13.3 Å². The summed E-state index contributed by atoms with van der Waals surface area (Å²) in [6.45, 7) is 11.3. The Balaban J connectivity index is 2.65. The molecule has 0 N–H and O–H groups in total. The average Bonchev–Trinajstić information content (AvgIpc) is 2.47. The molecule has 0 fully saturated rings. The van der Waals surface area contributed by atoms with Gasteiger partial charge in [0.1, 0.15) is 5.82 Å². The van der Waals surface area contributed by atoms with E-state index in [0.717, 1.165) is 13.0 Å². The minimum atomic E-state index is 0.500. The molecule has 1 rings (SSSR count). The molecule has 0 amide bonds. The Morgan fingerprint density at radius 1 is 1.62 bits per heavy atom. The lowest BCUT2D eigenvalue weighted by atomic mass is 10.2. The predicted octanol–water partition coefficient (Wildman–Crippen LogP) is 2.97. The molecule has 0 aliphatic heterocycles. The first kappa shape index (κ1) is 10.0. The average molecular weight is 178 g/mol. The maximum absolute atomic E-state index is 4.33. The van der Waals surface area contributed by atoms with Gasteiger partial charge < -0.3 is 4.57 Å². The van der Waals surface area contributed by atoms with Crippen molar-refractivity contribution in [2.75, 3.05) is 0 Å². The topological polar surface area (TPSA) is 17.8 Å². The molecule has 13 heavy (non-hydrogen) atoms. The Kier molecular flexibility index (Phi) is 3.29. The van der Waals surface area contributed by atoms with Crippen molar-refractivity contribution in [1.29, 1.82) is 0 Å². The fourth-order valence-corrected chi connectivity index (χ4v) is 1.32. The number of aromatic nitrogens is 2. The lowest BCUT2D eigenvalue weighted by Gasteiger charge is -2.09. The van der Waals surface area contributed by atoms with Crippen LogP contribution in [-0.2, 0) is 6.54 Å². The van der Waals surface area contributed by atoms with Gasteiger partial charge in [0.05, 0.1) is 0 Å². The SMILES string of the molecule is C=C(C)CCn1ccnc1C(C)C. The molecule has 0 aliphatic carbocycles. The maximum atomic E-state index is 4.33. The molecular formula is C11H18N2. The summed E-state index contributed by atoms with van der Waals surface area (Å²) in [6, 6.07) is 0. The summed E-state index contributed by atoms with van der Waals surface area (Å²) in [4.78, 5) is 4.33. The number of imidazole rings is 1. The van der Waals surface area contributed by atoms with Gasteiger partial charge in [0, 0.05) is 24.9 Å². The molecule has 0 saturated heterocycles. The second-order valence-corrected chi connectivity index (χ2v) is 3.84. The molecule has 0 aliphatic rings. The van der Waals surface area contributed by atoms with E-state index in [2.05, 4.69) is 36.9 Å². The van der Waals surface area contributed by atoms with E-state index in [4.69, 9.17) is 0 Å². The van der Waals surface area contributed by atoms with Gasteiger partial charge in [0.2, 0.25) is 0 Å². The molecule has 0 saturated carbocycles. The van der Waals surface area contributed by atoms with Crippen LogP contribution in [0.4, 0.5) is 0 Å². The second kappa shape index (κ2) is 4.26. The monoisotopic (exact) mass is 178 g/mol. The smallest absolute Gasteiger partial charge is 0.111 e. The molecule has 0 radical (unpaired) electrons. The Bertz CT molecular complexity index is 284. The number of nitrogens with zero attached hydrogens (tertiary/aromatic N) is 2. The van der Waals surface area contributed by atoms with Crippen molar-refractivity contribution in [2.24, 2.45) is 0 Å². The molecular weight excluding hydrogens is 160 g/mol. The number of allylic oxidation sites excluding steroid dienone is 1. The van der Waals surface area contributed by atoms with Crippen LogP contribution >= 0.6 is 0 Å². The maximum Gasteiger partial charge on any atom is 0.111 e. The van der Waals surface area contributed by atoms with E-state index >= 15 is 0 Å². The second-order valence-electron chi connectivity index (χ2n) is 3.84. The first-order valence-corrected chi connectivity index (χ1v) is 4.76. The Hall–Kier alpha value is -1.05.